The Morgan fingerprint density at radius 2 is 1.83 bits per heavy atom. The van der Waals surface area contributed by atoms with Gasteiger partial charge in [-0.05, 0) is 105 Å². The standard InChI is InChI=1S/C34H43FN2O4/c1-4-37(23-24-5-12-34(32(35)19-24)41-18-15-36(2)28-13-16-40-17-14-28)33-22-30(39-3)10-11-31(33)27-7-6-26-21-29(38)9-8-25(26)20-27/h5,8-12,19,21-22,27-28,38H,4,6-7,13-18,20,23H2,1-3H3/t27-/m1/s1. The molecule has 0 unspecified atom stereocenters. The number of phenolic OH excluding ortho intramolecular Hbond substituents is 1. The quantitative estimate of drug-likeness (QED) is 0.295. The molecule has 1 aliphatic carbocycles. The SMILES string of the molecule is CCN(Cc1ccc(OCCN(C)C2CCOCC2)c(F)c1)c1cc(OC)ccc1[C@@H]1CCc2cc(O)ccc2C1. The van der Waals surface area contributed by atoms with E-state index >= 15 is 4.39 Å². The van der Waals surface area contributed by atoms with Gasteiger partial charge in [0, 0.05) is 50.6 Å². The summed E-state index contributed by atoms with van der Waals surface area (Å²) in [5.74, 6) is 1.46. The van der Waals surface area contributed by atoms with E-state index in [2.05, 4.69) is 35.9 Å². The fourth-order valence-electron chi connectivity index (χ4n) is 6.23. The molecule has 220 valence electrons. The maximum Gasteiger partial charge on any atom is 0.165 e. The summed E-state index contributed by atoms with van der Waals surface area (Å²) < 4.78 is 32.0. The molecular weight excluding hydrogens is 519 g/mol. The summed E-state index contributed by atoms with van der Waals surface area (Å²) in [6, 6.07) is 17.9. The van der Waals surface area contributed by atoms with Crippen LogP contribution in [0.4, 0.5) is 10.1 Å². The van der Waals surface area contributed by atoms with Gasteiger partial charge in [0.1, 0.15) is 18.1 Å². The van der Waals surface area contributed by atoms with Gasteiger partial charge in [-0.2, -0.15) is 0 Å². The maximum atomic E-state index is 15.1. The summed E-state index contributed by atoms with van der Waals surface area (Å²) >= 11 is 0. The van der Waals surface area contributed by atoms with Gasteiger partial charge in [-0.15, -0.1) is 0 Å². The third kappa shape index (κ3) is 7.14. The third-order valence-corrected chi connectivity index (χ3v) is 8.70. The summed E-state index contributed by atoms with van der Waals surface area (Å²) in [4.78, 5) is 4.58. The Kier molecular flexibility index (Phi) is 9.68. The van der Waals surface area contributed by atoms with Crippen molar-refractivity contribution in [2.75, 3.05) is 52.0 Å². The van der Waals surface area contributed by atoms with E-state index in [4.69, 9.17) is 14.2 Å². The van der Waals surface area contributed by atoms with Gasteiger partial charge in [0.25, 0.3) is 0 Å². The predicted molar refractivity (Wildman–Crippen MR) is 161 cm³/mol. The average Bonchev–Trinajstić information content (AvgIpc) is 3.00. The van der Waals surface area contributed by atoms with Gasteiger partial charge in [0.05, 0.1) is 7.11 Å². The Morgan fingerprint density at radius 3 is 2.59 bits per heavy atom. The molecule has 1 N–H and O–H groups in total. The minimum Gasteiger partial charge on any atom is -0.508 e. The van der Waals surface area contributed by atoms with Crippen LogP contribution in [0.5, 0.6) is 17.2 Å². The van der Waals surface area contributed by atoms with E-state index in [0.29, 0.717) is 36.6 Å². The van der Waals surface area contributed by atoms with Crippen molar-refractivity contribution < 1.29 is 23.7 Å². The monoisotopic (exact) mass is 562 g/mol. The molecule has 0 aromatic heterocycles. The summed E-state index contributed by atoms with van der Waals surface area (Å²) in [6.07, 6.45) is 4.93. The summed E-state index contributed by atoms with van der Waals surface area (Å²) in [5.41, 5.74) is 5.82. The van der Waals surface area contributed by atoms with Crippen molar-refractivity contribution in [2.24, 2.45) is 0 Å². The van der Waals surface area contributed by atoms with Gasteiger partial charge in [-0.1, -0.05) is 18.2 Å². The number of hydrogen-bond donors (Lipinski definition) is 1. The van der Waals surface area contributed by atoms with E-state index in [1.807, 2.05) is 24.3 Å². The lowest BCUT2D eigenvalue weighted by Crippen LogP contribution is -2.38. The van der Waals surface area contributed by atoms with E-state index in [1.165, 1.54) is 16.7 Å². The largest absolute Gasteiger partial charge is 0.508 e. The molecule has 1 fully saturated rings. The molecule has 0 radical (unpaired) electrons. The number of rotatable bonds is 11. The fourth-order valence-corrected chi connectivity index (χ4v) is 6.23. The minimum atomic E-state index is -0.328. The number of benzene rings is 3. The van der Waals surface area contributed by atoms with Gasteiger partial charge in [0.15, 0.2) is 11.6 Å². The summed E-state index contributed by atoms with van der Waals surface area (Å²) in [6.45, 7) is 6.29. The molecular formula is C34H43FN2O4. The van der Waals surface area contributed by atoms with Crippen LogP contribution in [0.15, 0.2) is 54.6 Å². The van der Waals surface area contributed by atoms with Crippen LogP contribution in [0, 0.1) is 5.82 Å². The van der Waals surface area contributed by atoms with Crippen LogP contribution in [-0.2, 0) is 24.1 Å². The number of hydrogen-bond acceptors (Lipinski definition) is 6. The second kappa shape index (κ2) is 13.6. The Balaban J connectivity index is 1.27. The lowest BCUT2D eigenvalue weighted by Gasteiger charge is -2.32. The number of ether oxygens (including phenoxy) is 3. The van der Waals surface area contributed by atoms with Crippen LogP contribution in [0.25, 0.3) is 0 Å². The second-order valence-corrected chi connectivity index (χ2v) is 11.3. The van der Waals surface area contributed by atoms with E-state index in [0.717, 1.165) is 75.4 Å². The fraction of sp³-hybridized carbons (Fsp3) is 0.471. The topological polar surface area (TPSA) is 54.4 Å². The molecule has 3 aromatic carbocycles. The second-order valence-electron chi connectivity index (χ2n) is 11.3. The van der Waals surface area contributed by atoms with Gasteiger partial charge in [-0.25, -0.2) is 4.39 Å². The molecule has 0 amide bonds. The van der Waals surface area contributed by atoms with Crippen molar-refractivity contribution in [3.8, 4) is 17.2 Å². The first-order chi connectivity index (χ1) is 19.9. The molecule has 3 aromatic rings. The molecule has 0 saturated carbocycles. The van der Waals surface area contributed by atoms with Crippen LogP contribution in [0.3, 0.4) is 0 Å². The lowest BCUT2D eigenvalue weighted by molar-refractivity contribution is 0.0391. The van der Waals surface area contributed by atoms with E-state index in [1.54, 1.807) is 25.3 Å². The zero-order chi connectivity index (χ0) is 28.8. The smallest absolute Gasteiger partial charge is 0.165 e. The zero-order valence-electron chi connectivity index (χ0n) is 24.6. The first-order valence-electron chi connectivity index (χ1n) is 14.9. The van der Waals surface area contributed by atoms with E-state index in [-0.39, 0.29) is 5.82 Å². The van der Waals surface area contributed by atoms with Crippen LogP contribution < -0.4 is 14.4 Å². The molecule has 1 atom stereocenters. The number of aryl methyl sites for hydroxylation is 1. The number of halogens is 1. The molecule has 41 heavy (non-hydrogen) atoms. The molecule has 5 rings (SSSR count). The van der Waals surface area contributed by atoms with Crippen LogP contribution in [0.2, 0.25) is 0 Å². The highest BCUT2D eigenvalue weighted by molar-refractivity contribution is 5.60. The summed E-state index contributed by atoms with van der Waals surface area (Å²) in [7, 11) is 3.79. The van der Waals surface area contributed by atoms with Gasteiger partial charge in [0.2, 0.25) is 0 Å². The normalized spacial score (nSPS) is 17.3. The number of anilines is 1. The molecule has 0 spiro atoms. The van der Waals surface area contributed by atoms with E-state index in [9.17, 15) is 5.11 Å². The number of aromatic hydroxyl groups is 1. The summed E-state index contributed by atoms with van der Waals surface area (Å²) in [5, 5.41) is 9.91. The van der Waals surface area contributed by atoms with Crippen molar-refractivity contribution in [1.29, 1.82) is 0 Å². The number of phenols is 1. The molecule has 1 aliphatic heterocycles. The highest BCUT2D eigenvalue weighted by atomic mass is 19.1. The van der Waals surface area contributed by atoms with Crippen molar-refractivity contribution in [3.05, 3.63) is 82.7 Å². The Hall–Kier alpha value is -3.29. The van der Waals surface area contributed by atoms with Gasteiger partial charge >= 0.3 is 0 Å². The first-order valence-corrected chi connectivity index (χ1v) is 14.9. The minimum absolute atomic E-state index is 0.297. The highest BCUT2D eigenvalue weighted by Gasteiger charge is 2.25. The lowest BCUT2D eigenvalue weighted by atomic mass is 9.79. The first kappa shape index (κ1) is 29.2. The number of fused-ring (bicyclic) bond motifs is 1. The predicted octanol–water partition coefficient (Wildman–Crippen LogP) is 6.33. The number of nitrogens with zero attached hydrogens (tertiary/aromatic N) is 2. The third-order valence-electron chi connectivity index (χ3n) is 8.70. The molecule has 2 aliphatic rings. The average molecular weight is 563 g/mol. The van der Waals surface area contributed by atoms with Crippen molar-refractivity contribution in [2.45, 2.75) is 57.5 Å². The van der Waals surface area contributed by atoms with Gasteiger partial charge in [-0.3, -0.25) is 4.90 Å². The molecule has 7 heteroatoms. The van der Waals surface area contributed by atoms with Crippen LogP contribution >= 0.6 is 0 Å². The van der Waals surface area contributed by atoms with Crippen molar-refractivity contribution >= 4 is 5.69 Å². The highest BCUT2D eigenvalue weighted by Crippen LogP contribution is 2.40. The zero-order valence-corrected chi connectivity index (χ0v) is 24.6. The van der Waals surface area contributed by atoms with Crippen molar-refractivity contribution in [1.82, 2.24) is 4.90 Å². The molecule has 1 heterocycles. The van der Waals surface area contributed by atoms with Gasteiger partial charge < -0.3 is 24.2 Å². The van der Waals surface area contributed by atoms with Crippen molar-refractivity contribution in [3.63, 3.8) is 0 Å². The molecule has 6 nitrogen and oxygen atoms in total. The Morgan fingerprint density at radius 1 is 1.00 bits per heavy atom. The number of likely N-dealkylation sites (N-methyl/N-ethyl adjacent to an activating group) is 1. The molecule has 1 saturated heterocycles. The van der Waals surface area contributed by atoms with Crippen LogP contribution in [-0.4, -0.2) is 63.1 Å². The van der Waals surface area contributed by atoms with Crippen LogP contribution in [0.1, 0.15) is 54.4 Å². The number of methoxy groups -OCH3 is 1. The Labute approximate surface area is 243 Å². The van der Waals surface area contributed by atoms with E-state index < -0.39 is 0 Å². The molecule has 0 bridgehead atoms. The Bertz CT molecular complexity index is 1310. The maximum absolute atomic E-state index is 15.1.